The molecule has 3 nitrogen and oxygen atoms in total. The van der Waals surface area contributed by atoms with E-state index in [1.54, 1.807) is 6.20 Å². The molecule has 0 aliphatic heterocycles. The number of benzene rings is 1. The molecule has 3 aromatic rings. The zero-order valence-corrected chi connectivity index (χ0v) is 9.97. The number of aromatic nitrogens is 1. The van der Waals surface area contributed by atoms with E-state index in [1.807, 2.05) is 36.4 Å². The van der Waals surface area contributed by atoms with Crippen LogP contribution in [0.4, 0.5) is 0 Å². The van der Waals surface area contributed by atoms with Crippen molar-refractivity contribution in [1.29, 1.82) is 0 Å². The lowest BCUT2D eigenvalue weighted by molar-refractivity contribution is 0.631. The summed E-state index contributed by atoms with van der Waals surface area (Å²) < 4.78 is 5.83. The number of pyridine rings is 1. The molecule has 0 spiro atoms. The summed E-state index contributed by atoms with van der Waals surface area (Å²) in [6, 6.07) is 14.0. The minimum absolute atomic E-state index is 0.608. The average Bonchev–Trinajstić information content (AvgIpc) is 2.83. The normalized spacial score (nSPS) is 10.9. The highest BCUT2D eigenvalue weighted by atomic mass is 16.3. The van der Waals surface area contributed by atoms with E-state index in [0.29, 0.717) is 6.54 Å². The summed E-state index contributed by atoms with van der Waals surface area (Å²) in [6.45, 7) is 0.608. The van der Waals surface area contributed by atoms with Crippen LogP contribution >= 0.6 is 0 Å². The van der Waals surface area contributed by atoms with E-state index in [1.165, 1.54) is 0 Å². The number of hydrogen-bond donors (Lipinski definition) is 1. The van der Waals surface area contributed by atoms with Gasteiger partial charge in [-0.2, -0.15) is 0 Å². The highest BCUT2D eigenvalue weighted by Crippen LogP contribution is 2.27. The molecule has 0 bridgehead atoms. The number of hydrogen-bond acceptors (Lipinski definition) is 3. The second kappa shape index (κ2) is 4.63. The third-order valence-corrected chi connectivity index (χ3v) is 2.93. The molecule has 0 fully saturated rings. The van der Waals surface area contributed by atoms with E-state index in [0.717, 1.165) is 34.4 Å². The zero-order chi connectivity index (χ0) is 12.4. The lowest BCUT2D eigenvalue weighted by Gasteiger charge is -2.00. The highest BCUT2D eigenvalue weighted by molar-refractivity contribution is 5.82. The van der Waals surface area contributed by atoms with Crippen LogP contribution in [0.2, 0.25) is 0 Å². The Morgan fingerprint density at radius 3 is 2.83 bits per heavy atom. The smallest absolute Gasteiger partial charge is 0.135 e. The molecule has 0 atom stereocenters. The Kier molecular flexibility index (Phi) is 2.82. The Labute approximate surface area is 105 Å². The minimum Gasteiger partial charge on any atom is -0.456 e. The first-order valence-electron chi connectivity index (χ1n) is 6.01. The molecule has 1 aromatic carbocycles. The maximum atomic E-state index is 5.83. The van der Waals surface area contributed by atoms with Gasteiger partial charge in [0.1, 0.15) is 11.3 Å². The van der Waals surface area contributed by atoms with Crippen LogP contribution in [0.5, 0.6) is 0 Å². The predicted octanol–water partition coefficient (Wildman–Crippen LogP) is 3.00. The molecule has 18 heavy (non-hydrogen) atoms. The standard InChI is InChI=1S/C15H14N2O/c16-7-5-13-9-12(6-8-17-13)15-10-11-3-1-2-4-14(11)18-15/h1-4,6,8-10H,5,7,16H2. The van der Waals surface area contributed by atoms with Crippen LogP contribution in [0, 0.1) is 0 Å². The van der Waals surface area contributed by atoms with Gasteiger partial charge in [0.2, 0.25) is 0 Å². The topological polar surface area (TPSA) is 52.0 Å². The van der Waals surface area contributed by atoms with Gasteiger partial charge in [-0.25, -0.2) is 0 Å². The van der Waals surface area contributed by atoms with Gasteiger partial charge in [0, 0.05) is 29.3 Å². The molecule has 3 rings (SSSR count). The molecule has 0 saturated carbocycles. The molecular formula is C15H14N2O. The van der Waals surface area contributed by atoms with Crippen molar-refractivity contribution < 1.29 is 4.42 Å². The first-order chi connectivity index (χ1) is 8.86. The van der Waals surface area contributed by atoms with Crippen LogP contribution in [0.3, 0.4) is 0 Å². The van der Waals surface area contributed by atoms with Gasteiger partial charge in [0.15, 0.2) is 0 Å². The maximum Gasteiger partial charge on any atom is 0.135 e. The molecule has 0 saturated heterocycles. The van der Waals surface area contributed by atoms with E-state index in [9.17, 15) is 0 Å². The molecule has 0 aliphatic carbocycles. The summed E-state index contributed by atoms with van der Waals surface area (Å²) in [4.78, 5) is 4.29. The molecule has 0 amide bonds. The summed E-state index contributed by atoms with van der Waals surface area (Å²) >= 11 is 0. The molecule has 2 heterocycles. The highest BCUT2D eigenvalue weighted by Gasteiger charge is 2.06. The summed E-state index contributed by atoms with van der Waals surface area (Å²) in [7, 11) is 0. The quantitative estimate of drug-likeness (QED) is 0.763. The van der Waals surface area contributed by atoms with Crippen molar-refractivity contribution in [3.05, 3.63) is 54.4 Å². The summed E-state index contributed by atoms with van der Waals surface area (Å²) in [6.07, 6.45) is 2.58. The molecule has 0 radical (unpaired) electrons. The van der Waals surface area contributed by atoms with E-state index < -0.39 is 0 Å². The Bertz CT molecular complexity index is 640. The van der Waals surface area contributed by atoms with Gasteiger partial charge in [-0.1, -0.05) is 18.2 Å². The Hall–Kier alpha value is -2.13. The first-order valence-corrected chi connectivity index (χ1v) is 6.01. The summed E-state index contributed by atoms with van der Waals surface area (Å²) in [5, 5.41) is 1.12. The minimum atomic E-state index is 0.608. The lowest BCUT2D eigenvalue weighted by Crippen LogP contribution is -2.04. The number of rotatable bonds is 3. The van der Waals surface area contributed by atoms with Crippen molar-refractivity contribution in [1.82, 2.24) is 4.98 Å². The van der Waals surface area contributed by atoms with Crippen LogP contribution in [-0.2, 0) is 6.42 Å². The second-order valence-electron chi connectivity index (χ2n) is 4.22. The number of fused-ring (bicyclic) bond motifs is 1. The maximum absolute atomic E-state index is 5.83. The monoisotopic (exact) mass is 238 g/mol. The van der Waals surface area contributed by atoms with Gasteiger partial charge in [0.05, 0.1) is 0 Å². The number of furan rings is 1. The van der Waals surface area contributed by atoms with Gasteiger partial charge in [-0.15, -0.1) is 0 Å². The van der Waals surface area contributed by atoms with Crippen molar-refractivity contribution in [2.45, 2.75) is 6.42 Å². The average molecular weight is 238 g/mol. The molecule has 2 N–H and O–H groups in total. The lowest BCUT2D eigenvalue weighted by atomic mass is 10.1. The van der Waals surface area contributed by atoms with Gasteiger partial charge in [-0.3, -0.25) is 4.98 Å². The molecule has 2 aromatic heterocycles. The molecule has 0 aliphatic rings. The third-order valence-electron chi connectivity index (χ3n) is 2.93. The molecule has 3 heteroatoms. The van der Waals surface area contributed by atoms with Gasteiger partial charge < -0.3 is 10.2 Å². The Balaban J connectivity index is 2.05. The van der Waals surface area contributed by atoms with E-state index in [-0.39, 0.29) is 0 Å². The summed E-state index contributed by atoms with van der Waals surface area (Å²) in [5.41, 5.74) is 8.50. The Morgan fingerprint density at radius 2 is 2.00 bits per heavy atom. The van der Waals surface area contributed by atoms with Gasteiger partial charge in [0.25, 0.3) is 0 Å². The van der Waals surface area contributed by atoms with Crippen molar-refractivity contribution in [2.75, 3.05) is 6.54 Å². The van der Waals surface area contributed by atoms with Gasteiger partial charge >= 0.3 is 0 Å². The second-order valence-corrected chi connectivity index (χ2v) is 4.22. The van der Waals surface area contributed by atoms with E-state index >= 15 is 0 Å². The van der Waals surface area contributed by atoms with Crippen molar-refractivity contribution in [3.63, 3.8) is 0 Å². The molecular weight excluding hydrogens is 224 g/mol. The molecule has 90 valence electrons. The van der Waals surface area contributed by atoms with Crippen molar-refractivity contribution in [2.24, 2.45) is 5.73 Å². The first kappa shape index (κ1) is 11.0. The number of para-hydroxylation sites is 1. The van der Waals surface area contributed by atoms with Gasteiger partial charge in [-0.05, 0) is 30.8 Å². The van der Waals surface area contributed by atoms with E-state index in [4.69, 9.17) is 10.2 Å². The zero-order valence-electron chi connectivity index (χ0n) is 9.97. The number of nitrogens with two attached hydrogens (primary N) is 1. The van der Waals surface area contributed by atoms with Crippen LogP contribution in [0.25, 0.3) is 22.3 Å². The van der Waals surface area contributed by atoms with Crippen molar-refractivity contribution >= 4 is 11.0 Å². The van der Waals surface area contributed by atoms with E-state index in [2.05, 4.69) is 11.1 Å². The van der Waals surface area contributed by atoms with Crippen molar-refractivity contribution in [3.8, 4) is 11.3 Å². The number of nitrogens with zero attached hydrogens (tertiary/aromatic N) is 1. The van der Waals surface area contributed by atoms with Crippen LogP contribution in [0.15, 0.2) is 53.1 Å². The van der Waals surface area contributed by atoms with Crippen LogP contribution < -0.4 is 5.73 Å². The largest absolute Gasteiger partial charge is 0.456 e. The SMILES string of the molecule is NCCc1cc(-c2cc3ccccc3o2)ccn1. The fraction of sp³-hybridized carbons (Fsp3) is 0.133. The van der Waals surface area contributed by atoms with Crippen LogP contribution in [-0.4, -0.2) is 11.5 Å². The summed E-state index contributed by atoms with van der Waals surface area (Å²) in [5.74, 6) is 0.872. The third kappa shape index (κ3) is 2.00. The fourth-order valence-electron chi connectivity index (χ4n) is 2.04. The fourth-order valence-corrected chi connectivity index (χ4v) is 2.04. The Morgan fingerprint density at radius 1 is 1.11 bits per heavy atom. The van der Waals surface area contributed by atoms with Crippen LogP contribution in [0.1, 0.15) is 5.69 Å². The molecule has 0 unspecified atom stereocenters. The predicted molar refractivity (Wildman–Crippen MR) is 72.2 cm³/mol.